The number of anilines is 1. The SMILES string of the molecule is CC1CCCC(NC(=O)CNc2ccccc2Cl)C1C. The molecule has 1 fully saturated rings. The number of carbonyl (C=O) groups is 1. The summed E-state index contributed by atoms with van der Waals surface area (Å²) in [6, 6.07) is 7.77. The largest absolute Gasteiger partial charge is 0.375 e. The maximum Gasteiger partial charge on any atom is 0.239 e. The van der Waals surface area contributed by atoms with Crippen LogP contribution in [0.2, 0.25) is 5.02 Å². The third-order valence-corrected chi connectivity index (χ3v) is 4.70. The van der Waals surface area contributed by atoms with Crippen LogP contribution in [0, 0.1) is 11.8 Å². The molecule has 3 atom stereocenters. The summed E-state index contributed by atoms with van der Waals surface area (Å²) in [5, 5.41) is 6.87. The van der Waals surface area contributed by atoms with Crippen LogP contribution in [0.1, 0.15) is 33.1 Å². The van der Waals surface area contributed by atoms with Crippen LogP contribution in [0.25, 0.3) is 0 Å². The van der Waals surface area contributed by atoms with E-state index in [0.717, 1.165) is 12.1 Å². The summed E-state index contributed by atoms with van der Waals surface area (Å²) < 4.78 is 0. The third kappa shape index (κ3) is 3.89. The molecule has 1 amide bonds. The van der Waals surface area contributed by atoms with Crippen LogP contribution in [0.4, 0.5) is 5.69 Å². The van der Waals surface area contributed by atoms with Crippen molar-refractivity contribution in [3.05, 3.63) is 29.3 Å². The Balaban J connectivity index is 1.82. The Bertz CT molecular complexity index is 464. The predicted octanol–water partition coefficient (Wildman–Crippen LogP) is 3.69. The second-order valence-electron chi connectivity index (χ2n) is 5.77. The molecular formula is C16H23ClN2O. The number of benzene rings is 1. The molecule has 2 rings (SSSR count). The summed E-state index contributed by atoms with van der Waals surface area (Å²) in [5.74, 6) is 1.27. The summed E-state index contributed by atoms with van der Waals surface area (Å²) in [5.41, 5.74) is 0.800. The fourth-order valence-corrected chi connectivity index (χ4v) is 3.03. The molecule has 0 spiro atoms. The zero-order valence-electron chi connectivity index (χ0n) is 12.2. The molecule has 0 saturated heterocycles. The number of nitrogens with one attached hydrogen (secondary N) is 2. The van der Waals surface area contributed by atoms with Gasteiger partial charge in [-0.15, -0.1) is 0 Å². The van der Waals surface area contributed by atoms with Gasteiger partial charge in [-0.2, -0.15) is 0 Å². The van der Waals surface area contributed by atoms with Gasteiger partial charge in [-0.3, -0.25) is 4.79 Å². The van der Waals surface area contributed by atoms with Crippen molar-refractivity contribution in [3.63, 3.8) is 0 Å². The van der Waals surface area contributed by atoms with E-state index >= 15 is 0 Å². The van der Waals surface area contributed by atoms with E-state index in [1.54, 1.807) is 0 Å². The zero-order chi connectivity index (χ0) is 14.5. The van der Waals surface area contributed by atoms with Crippen molar-refractivity contribution in [2.75, 3.05) is 11.9 Å². The highest BCUT2D eigenvalue weighted by Gasteiger charge is 2.27. The highest BCUT2D eigenvalue weighted by Crippen LogP contribution is 2.29. The molecule has 0 heterocycles. The van der Waals surface area contributed by atoms with Crippen molar-refractivity contribution in [1.29, 1.82) is 0 Å². The number of hydrogen-bond acceptors (Lipinski definition) is 2. The van der Waals surface area contributed by atoms with Gasteiger partial charge in [-0.05, 0) is 30.4 Å². The zero-order valence-corrected chi connectivity index (χ0v) is 12.9. The molecule has 1 saturated carbocycles. The molecule has 2 N–H and O–H groups in total. The minimum atomic E-state index is 0.0378. The summed E-state index contributed by atoms with van der Waals surface area (Å²) >= 11 is 6.05. The first-order chi connectivity index (χ1) is 9.58. The van der Waals surface area contributed by atoms with Gasteiger partial charge < -0.3 is 10.6 Å². The maximum atomic E-state index is 12.0. The van der Waals surface area contributed by atoms with Gasteiger partial charge >= 0.3 is 0 Å². The van der Waals surface area contributed by atoms with Gasteiger partial charge in [0.2, 0.25) is 5.91 Å². The minimum absolute atomic E-state index is 0.0378. The quantitative estimate of drug-likeness (QED) is 0.889. The summed E-state index contributed by atoms with van der Waals surface area (Å²) in [6.07, 6.45) is 3.56. The average Bonchev–Trinajstić information content (AvgIpc) is 2.43. The van der Waals surface area contributed by atoms with Gasteiger partial charge in [-0.1, -0.05) is 50.4 Å². The van der Waals surface area contributed by atoms with E-state index in [1.165, 1.54) is 12.8 Å². The molecule has 3 unspecified atom stereocenters. The monoisotopic (exact) mass is 294 g/mol. The first-order valence-corrected chi connectivity index (χ1v) is 7.73. The van der Waals surface area contributed by atoms with Crippen LogP contribution < -0.4 is 10.6 Å². The number of amides is 1. The molecule has 0 aliphatic heterocycles. The number of halogens is 1. The fourth-order valence-electron chi connectivity index (χ4n) is 2.82. The normalized spacial score (nSPS) is 26.1. The van der Waals surface area contributed by atoms with Crippen molar-refractivity contribution >= 4 is 23.2 Å². The molecule has 1 aliphatic carbocycles. The minimum Gasteiger partial charge on any atom is -0.375 e. The van der Waals surface area contributed by atoms with Gasteiger partial charge in [-0.25, -0.2) is 0 Å². The smallest absolute Gasteiger partial charge is 0.239 e. The van der Waals surface area contributed by atoms with Crippen molar-refractivity contribution in [2.24, 2.45) is 11.8 Å². The van der Waals surface area contributed by atoms with E-state index in [2.05, 4.69) is 24.5 Å². The second kappa shape index (κ2) is 6.98. The number of rotatable bonds is 4. The van der Waals surface area contributed by atoms with Crippen LogP contribution in [-0.4, -0.2) is 18.5 Å². The first kappa shape index (κ1) is 15.2. The van der Waals surface area contributed by atoms with Crippen LogP contribution >= 0.6 is 11.6 Å². The van der Waals surface area contributed by atoms with Crippen LogP contribution in [0.3, 0.4) is 0 Å². The van der Waals surface area contributed by atoms with E-state index in [1.807, 2.05) is 24.3 Å². The van der Waals surface area contributed by atoms with Gasteiger partial charge in [0.1, 0.15) is 0 Å². The lowest BCUT2D eigenvalue weighted by Gasteiger charge is -2.34. The Labute approximate surface area is 126 Å². The van der Waals surface area contributed by atoms with Crippen molar-refractivity contribution < 1.29 is 4.79 Å². The molecular weight excluding hydrogens is 272 g/mol. The lowest BCUT2D eigenvalue weighted by molar-refractivity contribution is -0.120. The highest BCUT2D eigenvalue weighted by atomic mass is 35.5. The Morgan fingerprint density at radius 2 is 2.05 bits per heavy atom. The molecule has 0 radical (unpaired) electrons. The van der Waals surface area contributed by atoms with E-state index in [9.17, 15) is 4.79 Å². The maximum absolute atomic E-state index is 12.0. The summed E-state index contributed by atoms with van der Waals surface area (Å²) in [7, 11) is 0. The van der Waals surface area contributed by atoms with Crippen LogP contribution in [0.15, 0.2) is 24.3 Å². The Hall–Kier alpha value is -1.22. The van der Waals surface area contributed by atoms with Crippen LogP contribution in [0.5, 0.6) is 0 Å². The lowest BCUT2D eigenvalue weighted by atomic mass is 9.78. The third-order valence-electron chi connectivity index (χ3n) is 4.37. The molecule has 1 aromatic carbocycles. The van der Waals surface area contributed by atoms with Crippen LogP contribution in [-0.2, 0) is 4.79 Å². The van der Waals surface area contributed by atoms with Gasteiger partial charge in [0.15, 0.2) is 0 Å². The topological polar surface area (TPSA) is 41.1 Å². The molecule has 3 nitrogen and oxygen atoms in total. The van der Waals surface area contributed by atoms with Gasteiger partial charge in [0.25, 0.3) is 0 Å². The molecule has 4 heteroatoms. The van der Waals surface area contributed by atoms with Crippen molar-refractivity contribution in [2.45, 2.75) is 39.2 Å². The van der Waals surface area contributed by atoms with E-state index in [-0.39, 0.29) is 12.5 Å². The molecule has 110 valence electrons. The van der Waals surface area contributed by atoms with E-state index < -0.39 is 0 Å². The predicted molar refractivity (Wildman–Crippen MR) is 84.1 cm³/mol. The second-order valence-corrected chi connectivity index (χ2v) is 6.18. The van der Waals surface area contributed by atoms with Gasteiger partial charge in [0.05, 0.1) is 17.3 Å². The Morgan fingerprint density at radius 3 is 2.80 bits per heavy atom. The molecule has 0 bridgehead atoms. The summed E-state index contributed by atoms with van der Waals surface area (Å²) in [6.45, 7) is 4.77. The number of carbonyl (C=O) groups excluding carboxylic acids is 1. The molecule has 1 aromatic rings. The average molecular weight is 295 g/mol. The Morgan fingerprint density at radius 1 is 1.30 bits per heavy atom. The highest BCUT2D eigenvalue weighted by molar-refractivity contribution is 6.33. The number of para-hydroxylation sites is 1. The lowest BCUT2D eigenvalue weighted by Crippen LogP contribution is -2.45. The first-order valence-electron chi connectivity index (χ1n) is 7.35. The number of hydrogen-bond donors (Lipinski definition) is 2. The van der Waals surface area contributed by atoms with E-state index in [0.29, 0.717) is 22.9 Å². The molecule has 1 aliphatic rings. The molecule has 20 heavy (non-hydrogen) atoms. The summed E-state index contributed by atoms with van der Waals surface area (Å²) in [4.78, 5) is 12.0. The van der Waals surface area contributed by atoms with Gasteiger partial charge in [0, 0.05) is 6.04 Å². The molecule has 0 aromatic heterocycles. The fraction of sp³-hybridized carbons (Fsp3) is 0.562. The Kier molecular flexibility index (Phi) is 5.30. The van der Waals surface area contributed by atoms with Crippen molar-refractivity contribution in [1.82, 2.24) is 5.32 Å². The van der Waals surface area contributed by atoms with Crippen molar-refractivity contribution in [3.8, 4) is 0 Å². The standard InChI is InChI=1S/C16H23ClN2O/c1-11-6-5-9-14(12(11)2)19-16(20)10-18-15-8-4-3-7-13(15)17/h3-4,7-8,11-12,14,18H,5-6,9-10H2,1-2H3,(H,19,20). The van der Waals surface area contributed by atoms with E-state index in [4.69, 9.17) is 11.6 Å².